The van der Waals surface area contributed by atoms with Gasteiger partial charge in [0.05, 0.1) is 18.2 Å². The van der Waals surface area contributed by atoms with Crippen LogP contribution in [0.25, 0.3) is 0 Å². The Kier molecular flexibility index (Phi) is 7.19. The molecule has 1 atom stereocenters. The third-order valence-corrected chi connectivity index (χ3v) is 6.82. The van der Waals surface area contributed by atoms with E-state index in [9.17, 15) is 9.59 Å². The molecule has 4 N–H and O–H groups in total. The number of nitrogens with two attached hydrogens (primary N) is 2. The molecule has 166 valence electrons. The number of likely N-dealkylation sites (N-methyl/N-ethyl adjacent to an activating group) is 1. The molecule has 3 rings (SSSR count). The number of carbonyl (C=O) groups excluding carboxylic acids is 2. The molecule has 1 amide bonds. The second-order valence-corrected chi connectivity index (χ2v) is 9.73. The van der Waals surface area contributed by atoms with E-state index in [1.54, 1.807) is 26.0 Å². The molecule has 1 aromatic carbocycles. The van der Waals surface area contributed by atoms with Gasteiger partial charge in [0.2, 0.25) is 5.91 Å². The van der Waals surface area contributed by atoms with E-state index in [2.05, 4.69) is 0 Å². The van der Waals surface area contributed by atoms with E-state index in [0.717, 1.165) is 38.5 Å². The van der Waals surface area contributed by atoms with Gasteiger partial charge in [0, 0.05) is 18.7 Å². The van der Waals surface area contributed by atoms with E-state index >= 15 is 0 Å². The number of nitrogens with zero attached hydrogens (tertiary/aromatic N) is 1. The summed E-state index contributed by atoms with van der Waals surface area (Å²) in [5, 5.41) is 0. The summed E-state index contributed by atoms with van der Waals surface area (Å²) in [6.45, 7) is 4.03. The molecule has 0 saturated heterocycles. The maximum absolute atomic E-state index is 12.7. The SMILES string of the molecule is CN(C(=O)[C@@H](N)C1CCC(COc2cccc(C(=O)C(C)(C)N)c2)CC1)C1CCC1. The Balaban J connectivity index is 1.46. The molecule has 30 heavy (non-hydrogen) atoms. The molecule has 0 aromatic heterocycles. The number of rotatable bonds is 8. The first-order valence-electron chi connectivity index (χ1n) is 11.3. The Morgan fingerprint density at radius 3 is 2.40 bits per heavy atom. The van der Waals surface area contributed by atoms with Gasteiger partial charge in [0.25, 0.3) is 0 Å². The maximum Gasteiger partial charge on any atom is 0.239 e. The number of hydrogen-bond acceptors (Lipinski definition) is 5. The van der Waals surface area contributed by atoms with Crippen LogP contribution in [0.15, 0.2) is 24.3 Å². The number of hydrogen-bond donors (Lipinski definition) is 2. The molecule has 1 aromatic rings. The van der Waals surface area contributed by atoms with E-state index in [1.165, 1.54) is 6.42 Å². The molecule has 0 aliphatic heterocycles. The highest BCUT2D eigenvalue weighted by molar-refractivity contribution is 6.02. The fourth-order valence-electron chi connectivity index (χ4n) is 4.42. The van der Waals surface area contributed by atoms with Gasteiger partial charge >= 0.3 is 0 Å². The summed E-state index contributed by atoms with van der Waals surface area (Å²) in [6, 6.07) is 7.24. The third-order valence-electron chi connectivity index (χ3n) is 6.82. The van der Waals surface area contributed by atoms with Crippen molar-refractivity contribution >= 4 is 11.7 Å². The lowest BCUT2D eigenvalue weighted by Crippen LogP contribution is -2.52. The summed E-state index contributed by atoms with van der Waals surface area (Å²) in [5.74, 6) is 1.39. The molecular weight excluding hydrogens is 378 g/mol. The third kappa shape index (κ3) is 5.41. The Labute approximate surface area is 180 Å². The molecule has 2 aliphatic rings. The van der Waals surface area contributed by atoms with E-state index in [-0.39, 0.29) is 23.7 Å². The molecule has 0 unspecified atom stereocenters. The van der Waals surface area contributed by atoms with Gasteiger partial charge in [-0.25, -0.2) is 0 Å². The van der Waals surface area contributed by atoms with Crippen LogP contribution in [-0.4, -0.2) is 47.9 Å². The zero-order valence-electron chi connectivity index (χ0n) is 18.6. The number of benzene rings is 1. The van der Waals surface area contributed by atoms with Crippen molar-refractivity contribution in [3.8, 4) is 5.75 Å². The number of carbonyl (C=O) groups is 2. The highest BCUT2D eigenvalue weighted by atomic mass is 16.5. The van der Waals surface area contributed by atoms with Crippen LogP contribution in [0.2, 0.25) is 0 Å². The number of amides is 1. The predicted octanol–water partition coefficient (Wildman–Crippen LogP) is 3.13. The summed E-state index contributed by atoms with van der Waals surface area (Å²) >= 11 is 0. The zero-order valence-corrected chi connectivity index (χ0v) is 18.6. The zero-order chi connectivity index (χ0) is 21.9. The van der Waals surface area contributed by atoms with Crippen molar-refractivity contribution in [2.24, 2.45) is 23.3 Å². The van der Waals surface area contributed by atoms with Gasteiger partial charge in [-0.2, -0.15) is 0 Å². The van der Waals surface area contributed by atoms with Gasteiger partial charge in [-0.1, -0.05) is 12.1 Å². The highest BCUT2D eigenvalue weighted by Gasteiger charge is 2.34. The molecule has 2 fully saturated rings. The maximum atomic E-state index is 12.7. The second kappa shape index (κ2) is 9.48. The molecule has 2 saturated carbocycles. The Morgan fingerprint density at radius 1 is 1.17 bits per heavy atom. The van der Waals surface area contributed by atoms with E-state index < -0.39 is 5.54 Å². The fourth-order valence-corrected chi connectivity index (χ4v) is 4.42. The minimum atomic E-state index is -0.903. The van der Waals surface area contributed by atoms with Crippen LogP contribution in [0.1, 0.15) is 69.2 Å². The van der Waals surface area contributed by atoms with Crippen molar-refractivity contribution < 1.29 is 14.3 Å². The van der Waals surface area contributed by atoms with Crippen LogP contribution in [0.4, 0.5) is 0 Å². The number of ether oxygens (including phenoxy) is 1. The minimum Gasteiger partial charge on any atom is -0.493 e. The van der Waals surface area contributed by atoms with Gasteiger partial charge in [0.1, 0.15) is 5.75 Å². The van der Waals surface area contributed by atoms with Gasteiger partial charge in [0.15, 0.2) is 5.78 Å². The molecule has 0 bridgehead atoms. The first-order chi connectivity index (χ1) is 14.2. The van der Waals surface area contributed by atoms with Crippen LogP contribution >= 0.6 is 0 Å². The molecule has 6 heteroatoms. The van der Waals surface area contributed by atoms with Gasteiger partial charge in [-0.05, 0) is 82.8 Å². The lowest BCUT2D eigenvalue weighted by Gasteiger charge is -2.38. The standard InChI is InChI=1S/C24H37N3O3/c1-24(2,26)22(28)18-6-4-9-20(14-18)30-15-16-10-12-17(13-11-16)21(25)23(29)27(3)19-7-5-8-19/h4,6,9,14,16-17,19,21H,5,7-8,10-13,15,25-26H2,1-3H3/t16?,17?,21-/m0/s1. The fraction of sp³-hybridized carbons (Fsp3) is 0.667. The van der Waals surface area contributed by atoms with Crippen molar-refractivity contribution in [1.82, 2.24) is 4.90 Å². The average molecular weight is 416 g/mol. The van der Waals surface area contributed by atoms with Crippen LogP contribution in [0.3, 0.4) is 0 Å². The molecule has 6 nitrogen and oxygen atoms in total. The van der Waals surface area contributed by atoms with Crippen LogP contribution < -0.4 is 16.2 Å². The number of ketones is 1. The number of Topliss-reactive ketones (excluding diaryl/α,β-unsaturated/α-hetero) is 1. The van der Waals surface area contributed by atoms with Gasteiger partial charge in [-0.15, -0.1) is 0 Å². The van der Waals surface area contributed by atoms with Crippen molar-refractivity contribution in [2.45, 2.75) is 76.4 Å². The molecule has 0 spiro atoms. The van der Waals surface area contributed by atoms with Crippen LogP contribution in [0.5, 0.6) is 5.75 Å². The molecule has 2 aliphatic carbocycles. The smallest absolute Gasteiger partial charge is 0.239 e. The minimum absolute atomic E-state index is 0.0982. The second-order valence-electron chi connectivity index (χ2n) is 9.73. The van der Waals surface area contributed by atoms with Gasteiger partial charge < -0.3 is 21.1 Å². The first kappa shape index (κ1) is 22.8. The van der Waals surface area contributed by atoms with Crippen molar-refractivity contribution in [1.29, 1.82) is 0 Å². The van der Waals surface area contributed by atoms with Crippen molar-refractivity contribution in [3.05, 3.63) is 29.8 Å². The summed E-state index contributed by atoms with van der Waals surface area (Å²) in [7, 11) is 1.90. The lowest BCUT2D eigenvalue weighted by molar-refractivity contribution is -0.136. The molecule has 0 heterocycles. The van der Waals surface area contributed by atoms with Crippen molar-refractivity contribution in [2.75, 3.05) is 13.7 Å². The highest BCUT2D eigenvalue weighted by Crippen LogP contribution is 2.32. The average Bonchev–Trinajstić information content (AvgIpc) is 2.69. The van der Waals surface area contributed by atoms with Crippen molar-refractivity contribution in [3.63, 3.8) is 0 Å². The Bertz CT molecular complexity index is 746. The predicted molar refractivity (Wildman–Crippen MR) is 118 cm³/mol. The summed E-state index contributed by atoms with van der Waals surface area (Å²) in [4.78, 5) is 26.9. The summed E-state index contributed by atoms with van der Waals surface area (Å²) < 4.78 is 5.98. The van der Waals surface area contributed by atoms with Crippen LogP contribution in [0, 0.1) is 11.8 Å². The summed E-state index contributed by atoms with van der Waals surface area (Å²) in [5.41, 5.74) is 11.9. The van der Waals surface area contributed by atoms with Gasteiger partial charge in [-0.3, -0.25) is 9.59 Å². The largest absolute Gasteiger partial charge is 0.493 e. The normalized spacial score (nSPS) is 23.4. The Hall–Kier alpha value is -1.92. The van der Waals surface area contributed by atoms with E-state index in [4.69, 9.17) is 16.2 Å². The summed E-state index contributed by atoms with van der Waals surface area (Å²) in [6.07, 6.45) is 7.35. The first-order valence-corrected chi connectivity index (χ1v) is 11.3. The van der Waals surface area contributed by atoms with Crippen LogP contribution in [-0.2, 0) is 4.79 Å². The lowest BCUT2D eigenvalue weighted by atomic mass is 9.78. The van der Waals surface area contributed by atoms with E-state index in [0.29, 0.717) is 29.9 Å². The topological polar surface area (TPSA) is 98.6 Å². The molecular formula is C24H37N3O3. The molecule has 0 radical (unpaired) electrons. The quantitative estimate of drug-likeness (QED) is 0.636. The monoisotopic (exact) mass is 415 g/mol. The van der Waals surface area contributed by atoms with E-state index in [1.807, 2.05) is 24.1 Å². The Morgan fingerprint density at radius 2 is 1.83 bits per heavy atom.